The van der Waals surface area contributed by atoms with Crippen LogP contribution in [0, 0.1) is 10.1 Å². The highest BCUT2D eigenvalue weighted by atomic mass is 35.5. The molecular formula is C11H8Cl2N4O3. The van der Waals surface area contributed by atoms with Crippen LogP contribution in [0.4, 0.5) is 17.2 Å². The zero-order valence-corrected chi connectivity index (χ0v) is 11.6. The summed E-state index contributed by atoms with van der Waals surface area (Å²) in [7, 11) is 1.47. The summed E-state index contributed by atoms with van der Waals surface area (Å²) >= 11 is 11.5. The van der Waals surface area contributed by atoms with Gasteiger partial charge in [-0.3, -0.25) is 10.1 Å². The Hall–Kier alpha value is -2.12. The Kier molecular flexibility index (Phi) is 4.21. The van der Waals surface area contributed by atoms with Gasteiger partial charge in [-0.05, 0) is 29.8 Å². The topological polar surface area (TPSA) is 90.2 Å². The quantitative estimate of drug-likeness (QED) is 0.528. The van der Waals surface area contributed by atoms with E-state index in [1.807, 2.05) is 0 Å². The summed E-state index contributed by atoms with van der Waals surface area (Å²) in [4.78, 5) is 17.7. The Morgan fingerprint density at radius 1 is 1.40 bits per heavy atom. The van der Waals surface area contributed by atoms with E-state index >= 15 is 0 Å². The first kappa shape index (κ1) is 14.3. The fourth-order valence-electron chi connectivity index (χ4n) is 1.48. The van der Waals surface area contributed by atoms with Gasteiger partial charge in [0.2, 0.25) is 11.1 Å². The van der Waals surface area contributed by atoms with Crippen molar-refractivity contribution in [1.82, 2.24) is 9.97 Å². The summed E-state index contributed by atoms with van der Waals surface area (Å²) in [6.45, 7) is 0. The number of halogens is 2. The molecular weight excluding hydrogens is 307 g/mol. The molecule has 0 bridgehead atoms. The van der Waals surface area contributed by atoms with E-state index in [0.29, 0.717) is 16.5 Å². The van der Waals surface area contributed by atoms with Crippen LogP contribution < -0.4 is 10.1 Å². The third kappa shape index (κ3) is 3.06. The van der Waals surface area contributed by atoms with Gasteiger partial charge < -0.3 is 10.1 Å². The summed E-state index contributed by atoms with van der Waals surface area (Å²) < 4.78 is 5.14. The van der Waals surface area contributed by atoms with Crippen LogP contribution in [-0.2, 0) is 0 Å². The van der Waals surface area contributed by atoms with Gasteiger partial charge in [0.25, 0.3) is 0 Å². The van der Waals surface area contributed by atoms with E-state index in [1.54, 1.807) is 18.2 Å². The monoisotopic (exact) mass is 314 g/mol. The third-order valence-electron chi connectivity index (χ3n) is 2.35. The highest BCUT2D eigenvalue weighted by Crippen LogP contribution is 2.33. The molecule has 1 aromatic carbocycles. The minimum Gasteiger partial charge on any atom is -0.495 e. The molecule has 1 aromatic heterocycles. The van der Waals surface area contributed by atoms with Crippen molar-refractivity contribution < 1.29 is 9.66 Å². The van der Waals surface area contributed by atoms with E-state index in [0.717, 1.165) is 6.20 Å². The normalized spacial score (nSPS) is 10.2. The number of nitro groups is 1. The number of hydrogen-bond donors (Lipinski definition) is 1. The highest BCUT2D eigenvalue weighted by molar-refractivity contribution is 6.31. The molecule has 0 aliphatic rings. The van der Waals surface area contributed by atoms with Crippen molar-refractivity contribution in [1.29, 1.82) is 0 Å². The molecule has 0 amide bonds. The Balaban J connectivity index is 2.46. The maximum atomic E-state index is 10.9. The zero-order chi connectivity index (χ0) is 14.7. The van der Waals surface area contributed by atoms with Gasteiger partial charge in [0, 0.05) is 5.02 Å². The number of ether oxygens (including phenoxy) is 1. The van der Waals surface area contributed by atoms with Crippen molar-refractivity contribution in [2.24, 2.45) is 0 Å². The molecule has 0 aliphatic heterocycles. The molecule has 104 valence electrons. The van der Waals surface area contributed by atoms with Crippen molar-refractivity contribution in [2.75, 3.05) is 12.4 Å². The third-order valence-corrected chi connectivity index (χ3v) is 2.77. The summed E-state index contributed by atoms with van der Waals surface area (Å²) in [5.74, 6) is 0.411. The lowest BCUT2D eigenvalue weighted by Gasteiger charge is -2.10. The highest BCUT2D eigenvalue weighted by Gasteiger charge is 2.18. The zero-order valence-electron chi connectivity index (χ0n) is 10.1. The summed E-state index contributed by atoms with van der Waals surface area (Å²) in [5, 5.41) is 14.0. The first-order chi connectivity index (χ1) is 9.51. The van der Waals surface area contributed by atoms with E-state index in [9.17, 15) is 10.1 Å². The molecule has 0 spiro atoms. The molecule has 2 rings (SSSR count). The molecule has 1 heterocycles. The molecule has 0 saturated heterocycles. The molecule has 2 aromatic rings. The summed E-state index contributed by atoms with van der Waals surface area (Å²) in [5.41, 5.74) is 0.120. The molecule has 1 N–H and O–H groups in total. The van der Waals surface area contributed by atoms with Crippen LogP contribution in [0.15, 0.2) is 24.4 Å². The number of anilines is 2. The number of methoxy groups -OCH3 is 1. The van der Waals surface area contributed by atoms with Crippen LogP contribution in [-0.4, -0.2) is 22.0 Å². The van der Waals surface area contributed by atoms with E-state index in [4.69, 9.17) is 27.9 Å². The second kappa shape index (κ2) is 5.89. The lowest BCUT2D eigenvalue weighted by Crippen LogP contribution is -2.02. The van der Waals surface area contributed by atoms with Crippen LogP contribution in [0.2, 0.25) is 10.3 Å². The summed E-state index contributed by atoms with van der Waals surface area (Å²) in [6.07, 6.45) is 1.02. The van der Waals surface area contributed by atoms with Gasteiger partial charge in [0.05, 0.1) is 17.7 Å². The maximum Gasteiger partial charge on any atom is 0.329 e. The predicted molar refractivity (Wildman–Crippen MR) is 75.0 cm³/mol. The van der Waals surface area contributed by atoms with Gasteiger partial charge in [-0.2, -0.15) is 4.98 Å². The number of rotatable bonds is 4. The average molecular weight is 315 g/mol. The van der Waals surface area contributed by atoms with Crippen LogP contribution in [0.5, 0.6) is 5.75 Å². The van der Waals surface area contributed by atoms with Crippen molar-refractivity contribution in [2.45, 2.75) is 0 Å². The standard InChI is InChI=1S/C11H8Cl2N4O3/c1-20-9-3-2-6(12)4-7(9)15-10-8(17(18)19)5-14-11(13)16-10/h2-5H,1H3,(H,14,15,16). The second-order valence-electron chi connectivity index (χ2n) is 3.60. The molecule has 7 nitrogen and oxygen atoms in total. The number of aromatic nitrogens is 2. The molecule has 9 heteroatoms. The van der Waals surface area contributed by atoms with E-state index < -0.39 is 4.92 Å². The fraction of sp³-hybridized carbons (Fsp3) is 0.0909. The van der Waals surface area contributed by atoms with Crippen LogP contribution in [0.3, 0.4) is 0 Å². The largest absolute Gasteiger partial charge is 0.495 e. The van der Waals surface area contributed by atoms with Crippen LogP contribution in [0.1, 0.15) is 0 Å². The fourth-order valence-corrected chi connectivity index (χ4v) is 1.79. The Morgan fingerprint density at radius 3 is 2.80 bits per heavy atom. The Morgan fingerprint density at radius 2 is 2.15 bits per heavy atom. The molecule has 20 heavy (non-hydrogen) atoms. The van der Waals surface area contributed by atoms with Gasteiger partial charge in [-0.1, -0.05) is 11.6 Å². The van der Waals surface area contributed by atoms with Crippen molar-refractivity contribution in [3.05, 3.63) is 44.8 Å². The molecule has 0 atom stereocenters. The number of hydrogen-bond acceptors (Lipinski definition) is 6. The first-order valence-corrected chi connectivity index (χ1v) is 6.04. The minimum atomic E-state index is -0.615. The number of benzene rings is 1. The van der Waals surface area contributed by atoms with Crippen molar-refractivity contribution in [3.8, 4) is 5.75 Å². The van der Waals surface area contributed by atoms with Gasteiger partial charge in [0.15, 0.2) is 0 Å². The second-order valence-corrected chi connectivity index (χ2v) is 4.37. The van der Waals surface area contributed by atoms with Gasteiger partial charge >= 0.3 is 5.69 Å². The van der Waals surface area contributed by atoms with Gasteiger partial charge in [-0.15, -0.1) is 0 Å². The predicted octanol–water partition coefficient (Wildman–Crippen LogP) is 3.44. The van der Waals surface area contributed by atoms with Gasteiger partial charge in [-0.25, -0.2) is 4.98 Å². The maximum absolute atomic E-state index is 10.9. The van der Waals surface area contributed by atoms with E-state index in [1.165, 1.54) is 7.11 Å². The molecule has 0 radical (unpaired) electrons. The summed E-state index contributed by atoms with van der Waals surface area (Å²) in [6, 6.07) is 4.81. The van der Waals surface area contributed by atoms with E-state index in [-0.39, 0.29) is 16.8 Å². The Labute approximate surface area is 123 Å². The molecule has 0 fully saturated rings. The SMILES string of the molecule is COc1ccc(Cl)cc1Nc1nc(Cl)ncc1[N+](=O)[O-]. The lowest BCUT2D eigenvalue weighted by molar-refractivity contribution is -0.384. The lowest BCUT2D eigenvalue weighted by atomic mass is 10.3. The molecule has 0 saturated carbocycles. The smallest absolute Gasteiger partial charge is 0.329 e. The molecule has 0 aliphatic carbocycles. The Bertz CT molecular complexity index is 666. The molecule has 0 unspecified atom stereocenters. The minimum absolute atomic E-state index is 0.0458. The first-order valence-electron chi connectivity index (χ1n) is 5.28. The van der Waals surface area contributed by atoms with Crippen LogP contribution >= 0.6 is 23.2 Å². The number of nitrogens with zero attached hydrogens (tertiary/aromatic N) is 3. The van der Waals surface area contributed by atoms with Crippen molar-refractivity contribution >= 4 is 40.4 Å². The van der Waals surface area contributed by atoms with Gasteiger partial charge in [0.1, 0.15) is 11.9 Å². The van der Waals surface area contributed by atoms with Crippen LogP contribution in [0.25, 0.3) is 0 Å². The number of nitrogens with one attached hydrogen (secondary N) is 1. The van der Waals surface area contributed by atoms with Crippen molar-refractivity contribution in [3.63, 3.8) is 0 Å². The van der Waals surface area contributed by atoms with E-state index in [2.05, 4.69) is 15.3 Å². The average Bonchev–Trinajstić information content (AvgIpc) is 2.38.